The SMILES string of the molecule is COCCOCCOc1ccc(C)cc1C#CCCCl. The first-order chi connectivity index (χ1) is 9.77. The lowest BCUT2D eigenvalue weighted by Crippen LogP contribution is -2.10. The highest BCUT2D eigenvalue weighted by Gasteiger charge is 2.01. The lowest BCUT2D eigenvalue weighted by molar-refractivity contribution is 0.0544. The first-order valence-electron chi connectivity index (χ1n) is 6.63. The number of benzene rings is 1. The van der Waals surface area contributed by atoms with Crippen LogP contribution >= 0.6 is 11.6 Å². The van der Waals surface area contributed by atoms with Crippen LogP contribution in [0, 0.1) is 18.8 Å². The molecule has 1 rings (SSSR count). The Hall–Kier alpha value is -1.21. The molecule has 0 heterocycles. The van der Waals surface area contributed by atoms with Crippen molar-refractivity contribution in [1.29, 1.82) is 0 Å². The monoisotopic (exact) mass is 296 g/mol. The Balaban J connectivity index is 2.50. The molecule has 0 saturated heterocycles. The van der Waals surface area contributed by atoms with E-state index in [-0.39, 0.29) is 0 Å². The molecular formula is C16H21ClO3. The van der Waals surface area contributed by atoms with Crippen LogP contribution < -0.4 is 4.74 Å². The molecule has 1 aromatic rings. The first-order valence-corrected chi connectivity index (χ1v) is 7.16. The minimum absolute atomic E-state index is 0.497. The van der Waals surface area contributed by atoms with Gasteiger partial charge in [0.2, 0.25) is 0 Å². The number of aryl methyl sites for hydroxylation is 1. The smallest absolute Gasteiger partial charge is 0.135 e. The van der Waals surface area contributed by atoms with Gasteiger partial charge in [-0.3, -0.25) is 0 Å². The van der Waals surface area contributed by atoms with E-state index in [4.69, 9.17) is 25.8 Å². The molecule has 0 aliphatic heterocycles. The van der Waals surface area contributed by atoms with E-state index in [1.54, 1.807) is 7.11 Å². The van der Waals surface area contributed by atoms with E-state index < -0.39 is 0 Å². The van der Waals surface area contributed by atoms with Crippen molar-refractivity contribution in [3.05, 3.63) is 29.3 Å². The Morgan fingerprint density at radius 2 is 1.95 bits per heavy atom. The predicted molar refractivity (Wildman–Crippen MR) is 81.6 cm³/mol. The van der Waals surface area contributed by atoms with Crippen molar-refractivity contribution in [3.63, 3.8) is 0 Å². The summed E-state index contributed by atoms with van der Waals surface area (Å²) in [7, 11) is 1.65. The molecule has 0 saturated carbocycles. The van der Waals surface area contributed by atoms with Gasteiger partial charge in [0.15, 0.2) is 0 Å². The number of rotatable bonds is 8. The Kier molecular flexibility index (Phi) is 8.90. The fourth-order valence-electron chi connectivity index (χ4n) is 1.53. The topological polar surface area (TPSA) is 27.7 Å². The van der Waals surface area contributed by atoms with Gasteiger partial charge in [0, 0.05) is 19.4 Å². The van der Waals surface area contributed by atoms with Gasteiger partial charge >= 0.3 is 0 Å². The molecule has 0 amide bonds. The molecule has 3 nitrogen and oxygen atoms in total. The van der Waals surface area contributed by atoms with Crippen LogP contribution in [-0.4, -0.2) is 39.4 Å². The standard InChI is InChI=1S/C16H21ClO3/c1-14-6-7-16(15(13-14)5-3-4-8-17)20-12-11-19-10-9-18-2/h6-7,13H,4,8-12H2,1-2H3. The summed E-state index contributed by atoms with van der Waals surface area (Å²) in [6, 6.07) is 5.96. The maximum atomic E-state index is 5.70. The van der Waals surface area contributed by atoms with Gasteiger partial charge in [-0.25, -0.2) is 0 Å². The highest BCUT2D eigenvalue weighted by molar-refractivity contribution is 6.18. The van der Waals surface area contributed by atoms with E-state index in [2.05, 4.69) is 11.8 Å². The Morgan fingerprint density at radius 3 is 2.70 bits per heavy atom. The number of hydrogen-bond acceptors (Lipinski definition) is 3. The highest BCUT2D eigenvalue weighted by atomic mass is 35.5. The van der Waals surface area contributed by atoms with Crippen molar-refractivity contribution in [2.45, 2.75) is 13.3 Å². The average Bonchev–Trinajstić information content (AvgIpc) is 2.45. The van der Waals surface area contributed by atoms with Crippen LogP contribution in [-0.2, 0) is 9.47 Å². The molecule has 0 aromatic heterocycles. The predicted octanol–water partition coefficient (Wildman–Crippen LogP) is 3.02. The highest BCUT2D eigenvalue weighted by Crippen LogP contribution is 2.19. The number of methoxy groups -OCH3 is 1. The van der Waals surface area contributed by atoms with Gasteiger partial charge in [-0.1, -0.05) is 17.9 Å². The molecule has 0 bridgehead atoms. The molecular weight excluding hydrogens is 276 g/mol. The Labute approximate surface area is 126 Å². The van der Waals surface area contributed by atoms with Crippen LogP contribution in [0.1, 0.15) is 17.5 Å². The van der Waals surface area contributed by atoms with E-state index in [1.807, 2.05) is 25.1 Å². The molecule has 0 spiro atoms. The molecule has 0 aliphatic carbocycles. The zero-order chi connectivity index (χ0) is 14.6. The third-order valence-corrected chi connectivity index (χ3v) is 2.68. The second-order valence-corrected chi connectivity index (χ2v) is 4.57. The molecule has 0 radical (unpaired) electrons. The second-order valence-electron chi connectivity index (χ2n) is 4.19. The van der Waals surface area contributed by atoms with Crippen molar-refractivity contribution in [2.75, 3.05) is 39.4 Å². The van der Waals surface area contributed by atoms with Crippen molar-refractivity contribution in [1.82, 2.24) is 0 Å². The fourth-order valence-corrected chi connectivity index (χ4v) is 1.62. The number of hydrogen-bond donors (Lipinski definition) is 0. The Bertz CT molecular complexity index is 449. The maximum absolute atomic E-state index is 5.70. The Morgan fingerprint density at radius 1 is 1.15 bits per heavy atom. The molecule has 0 aliphatic rings. The summed E-state index contributed by atoms with van der Waals surface area (Å²) in [5, 5.41) is 0. The van der Waals surface area contributed by atoms with Gasteiger partial charge in [-0.15, -0.1) is 11.6 Å². The van der Waals surface area contributed by atoms with Gasteiger partial charge in [0.1, 0.15) is 12.4 Å². The molecule has 0 unspecified atom stereocenters. The molecule has 0 N–H and O–H groups in total. The van der Waals surface area contributed by atoms with Gasteiger partial charge in [0.05, 0.1) is 25.4 Å². The van der Waals surface area contributed by atoms with Crippen molar-refractivity contribution in [2.24, 2.45) is 0 Å². The second kappa shape index (κ2) is 10.6. The zero-order valence-corrected chi connectivity index (χ0v) is 12.8. The van der Waals surface area contributed by atoms with Crippen molar-refractivity contribution >= 4 is 11.6 Å². The van der Waals surface area contributed by atoms with Crippen LogP contribution in [0.15, 0.2) is 18.2 Å². The third-order valence-electron chi connectivity index (χ3n) is 2.49. The van der Waals surface area contributed by atoms with Gasteiger partial charge in [0.25, 0.3) is 0 Å². The molecule has 20 heavy (non-hydrogen) atoms. The van der Waals surface area contributed by atoms with E-state index in [9.17, 15) is 0 Å². The van der Waals surface area contributed by atoms with Crippen LogP contribution in [0.2, 0.25) is 0 Å². The molecule has 110 valence electrons. The lowest BCUT2D eigenvalue weighted by atomic mass is 10.1. The molecule has 4 heteroatoms. The van der Waals surface area contributed by atoms with Crippen molar-refractivity contribution in [3.8, 4) is 17.6 Å². The van der Waals surface area contributed by atoms with Gasteiger partial charge < -0.3 is 14.2 Å². The summed E-state index contributed by atoms with van der Waals surface area (Å²) in [6.45, 7) is 4.24. The maximum Gasteiger partial charge on any atom is 0.135 e. The van der Waals surface area contributed by atoms with E-state index in [1.165, 1.54) is 0 Å². The molecule has 0 fully saturated rings. The summed E-state index contributed by atoms with van der Waals surface area (Å²) in [5.74, 6) is 7.45. The van der Waals surface area contributed by atoms with Crippen LogP contribution in [0.25, 0.3) is 0 Å². The number of ether oxygens (including phenoxy) is 3. The van der Waals surface area contributed by atoms with Gasteiger partial charge in [-0.2, -0.15) is 0 Å². The minimum atomic E-state index is 0.497. The van der Waals surface area contributed by atoms with Crippen LogP contribution in [0.5, 0.6) is 5.75 Å². The zero-order valence-electron chi connectivity index (χ0n) is 12.1. The van der Waals surface area contributed by atoms with Crippen LogP contribution in [0.3, 0.4) is 0 Å². The molecule has 0 atom stereocenters. The lowest BCUT2D eigenvalue weighted by Gasteiger charge is -2.09. The van der Waals surface area contributed by atoms with Gasteiger partial charge in [-0.05, 0) is 24.6 Å². The average molecular weight is 297 g/mol. The fraction of sp³-hybridized carbons (Fsp3) is 0.500. The quantitative estimate of drug-likeness (QED) is 0.419. The third kappa shape index (κ3) is 6.81. The van der Waals surface area contributed by atoms with Crippen LogP contribution in [0.4, 0.5) is 0 Å². The number of alkyl halides is 1. The largest absolute Gasteiger partial charge is 0.490 e. The summed E-state index contributed by atoms with van der Waals surface area (Å²) in [6.07, 6.45) is 0.676. The summed E-state index contributed by atoms with van der Waals surface area (Å²) < 4.78 is 16.0. The van der Waals surface area contributed by atoms with E-state index in [0.717, 1.165) is 16.9 Å². The summed E-state index contributed by atoms with van der Waals surface area (Å²) in [5.41, 5.74) is 2.05. The number of halogens is 1. The minimum Gasteiger partial charge on any atom is -0.490 e. The summed E-state index contributed by atoms with van der Waals surface area (Å²) in [4.78, 5) is 0. The van der Waals surface area contributed by atoms with Crippen molar-refractivity contribution < 1.29 is 14.2 Å². The summed E-state index contributed by atoms with van der Waals surface area (Å²) >= 11 is 5.62. The molecule has 1 aromatic carbocycles. The normalized spacial score (nSPS) is 9.95. The van der Waals surface area contributed by atoms with E-state index >= 15 is 0 Å². The first kappa shape index (κ1) is 16.8. The van der Waals surface area contributed by atoms with E-state index in [0.29, 0.717) is 38.7 Å².